The molecule has 0 saturated heterocycles. The lowest BCUT2D eigenvalue weighted by Gasteiger charge is -2.17. The summed E-state index contributed by atoms with van der Waals surface area (Å²) in [5, 5.41) is 8.38. The molecule has 2 atom stereocenters. The molecular weight excluding hydrogens is 126 g/mol. The molecule has 0 bridgehead atoms. The lowest BCUT2D eigenvalue weighted by molar-refractivity contribution is 0.0609. The molecule has 2 heteroatoms. The summed E-state index contributed by atoms with van der Waals surface area (Å²) in [6.45, 7) is 4.21. The number of methoxy groups -OCH3 is 1. The lowest BCUT2D eigenvalue weighted by Crippen LogP contribution is -2.18. The average Bonchev–Trinajstić information content (AvgIpc) is 1.99. The first kappa shape index (κ1) is 9.45. The van der Waals surface area contributed by atoms with Crippen LogP contribution in [0.25, 0.3) is 0 Å². The Morgan fingerprint density at radius 2 is 2.20 bits per heavy atom. The summed E-state index contributed by atoms with van der Waals surface area (Å²) in [5.41, 5.74) is 0. The highest BCUT2D eigenvalue weighted by molar-refractivity contribution is 4.78. The van der Waals surface area contributed by atoms with E-state index in [0.29, 0.717) is 12.3 Å². The van der Waals surface area contributed by atoms with Crippen LogP contribution >= 0.6 is 0 Å². The monoisotopic (exact) mass is 141 g/mol. The van der Waals surface area contributed by atoms with Crippen molar-refractivity contribution in [1.29, 1.82) is 5.26 Å². The van der Waals surface area contributed by atoms with E-state index in [2.05, 4.69) is 19.9 Å². The molecule has 0 fully saturated rings. The van der Waals surface area contributed by atoms with Crippen LogP contribution in [-0.4, -0.2) is 13.2 Å². The van der Waals surface area contributed by atoms with Gasteiger partial charge >= 0.3 is 0 Å². The van der Waals surface area contributed by atoms with Crippen molar-refractivity contribution in [2.45, 2.75) is 32.8 Å². The molecular formula is C8H15NO. The Kier molecular flexibility index (Phi) is 4.96. The van der Waals surface area contributed by atoms with Crippen LogP contribution in [0.4, 0.5) is 0 Å². The van der Waals surface area contributed by atoms with E-state index >= 15 is 0 Å². The van der Waals surface area contributed by atoms with Gasteiger partial charge in [-0.2, -0.15) is 5.26 Å². The fraction of sp³-hybridized carbons (Fsp3) is 0.875. The predicted molar refractivity (Wildman–Crippen MR) is 40.5 cm³/mol. The van der Waals surface area contributed by atoms with Gasteiger partial charge in [0.25, 0.3) is 0 Å². The first-order valence-electron chi connectivity index (χ1n) is 3.66. The number of hydrogen-bond acceptors (Lipinski definition) is 2. The summed E-state index contributed by atoms with van der Waals surface area (Å²) in [6, 6.07) is 2.11. The molecule has 0 rings (SSSR count). The summed E-state index contributed by atoms with van der Waals surface area (Å²) < 4.78 is 5.12. The first-order valence-corrected chi connectivity index (χ1v) is 3.66. The van der Waals surface area contributed by atoms with Gasteiger partial charge in [0.1, 0.15) is 0 Å². The Morgan fingerprint density at radius 3 is 2.50 bits per heavy atom. The van der Waals surface area contributed by atoms with Crippen LogP contribution < -0.4 is 0 Å². The van der Waals surface area contributed by atoms with E-state index in [-0.39, 0.29) is 6.10 Å². The van der Waals surface area contributed by atoms with E-state index in [1.807, 2.05) is 0 Å². The SMILES string of the molecule is CC[C@@H](C)C(CC#N)OC. The molecule has 0 aromatic heterocycles. The minimum atomic E-state index is 0.120. The van der Waals surface area contributed by atoms with E-state index in [1.165, 1.54) is 0 Å². The molecule has 0 N–H and O–H groups in total. The maximum absolute atomic E-state index is 8.38. The van der Waals surface area contributed by atoms with Crippen LogP contribution in [0.2, 0.25) is 0 Å². The maximum atomic E-state index is 8.38. The topological polar surface area (TPSA) is 33.0 Å². The molecule has 1 unspecified atom stereocenters. The normalized spacial score (nSPS) is 15.8. The molecule has 0 aliphatic rings. The molecule has 0 aromatic rings. The molecule has 0 amide bonds. The molecule has 10 heavy (non-hydrogen) atoms. The number of nitriles is 1. The third-order valence-electron chi connectivity index (χ3n) is 1.87. The van der Waals surface area contributed by atoms with Crippen molar-refractivity contribution >= 4 is 0 Å². The van der Waals surface area contributed by atoms with E-state index in [1.54, 1.807) is 7.11 Å². The molecule has 0 radical (unpaired) electrons. The number of ether oxygens (including phenoxy) is 1. The van der Waals surface area contributed by atoms with E-state index < -0.39 is 0 Å². The quantitative estimate of drug-likeness (QED) is 0.599. The summed E-state index contributed by atoms with van der Waals surface area (Å²) in [4.78, 5) is 0. The molecule has 0 spiro atoms. The molecule has 58 valence electrons. The van der Waals surface area contributed by atoms with Crippen LogP contribution in [0.3, 0.4) is 0 Å². The third kappa shape index (κ3) is 2.84. The summed E-state index contributed by atoms with van der Waals surface area (Å²) in [5.74, 6) is 0.490. The first-order chi connectivity index (χ1) is 4.76. The van der Waals surface area contributed by atoms with Crippen LogP contribution in [0.15, 0.2) is 0 Å². The lowest BCUT2D eigenvalue weighted by atomic mass is 10.00. The summed E-state index contributed by atoms with van der Waals surface area (Å²) in [7, 11) is 1.66. The largest absolute Gasteiger partial charge is 0.380 e. The van der Waals surface area contributed by atoms with Gasteiger partial charge in [-0.05, 0) is 5.92 Å². The fourth-order valence-electron chi connectivity index (χ4n) is 0.870. The van der Waals surface area contributed by atoms with E-state index in [9.17, 15) is 0 Å². The number of rotatable bonds is 4. The Labute approximate surface area is 62.8 Å². The van der Waals surface area contributed by atoms with Crippen molar-refractivity contribution in [2.75, 3.05) is 7.11 Å². The van der Waals surface area contributed by atoms with Gasteiger partial charge in [0.2, 0.25) is 0 Å². The summed E-state index contributed by atoms with van der Waals surface area (Å²) >= 11 is 0. The highest BCUT2D eigenvalue weighted by atomic mass is 16.5. The molecule has 0 aromatic carbocycles. The van der Waals surface area contributed by atoms with Crippen LogP contribution in [0.1, 0.15) is 26.7 Å². The van der Waals surface area contributed by atoms with Gasteiger partial charge in [-0.3, -0.25) is 0 Å². The smallest absolute Gasteiger partial charge is 0.0726 e. The zero-order chi connectivity index (χ0) is 7.98. The van der Waals surface area contributed by atoms with Crippen molar-refractivity contribution in [3.63, 3.8) is 0 Å². The Bertz CT molecular complexity index is 117. The van der Waals surface area contributed by atoms with Crippen molar-refractivity contribution in [3.8, 4) is 6.07 Å². The minimum absolute atomic E-state index is 0.120. The fourth-order valence-corrected chi connectivity index (χ4v) is 0.870. The summed E-state index contributed by atoms with van der Waals surface area (Å²) in [6.07, 6.45) is 1.70. The predicted octanol–water partition coefficient (Wildman–Crippen LogP) is 1.96. The Hall–Kier alpha value is -0.550. The van der Waals surface area contributed by atoms with Crippen molar-refractivity contribution in [3.05, 3.63) is 0 Å². The maximum Gasteiger partial charge on any atom is 0.0726 e. The molecule has 0 heterocycles. The van der Waals surface area contributed by atoms with Crippen LogP contribution in [-0.2, 0) is 4.74 Å². The average molecular weight is 141 g/mol. The van der Waals surface area contributed by atoms with Gasteiger partial charge in [-0.15, -0.1) is 0 Å². The second-order valence-electron chi connectivity index (χ2n) is 2.52. The third-order valence-corrected chi connectivity index (χ3v) is 1.87. The van der Waals surface area contributed by atoms with Crippen molar-refractivity contribution in [1.82, 2.24) is 0 Å². The van der Waals surface area contributed by atoms with E-state index in [4.69, 9.17) is 10.00 Å². The van der Waals surface area contributed by atoms with Crippen LogP contribution in [0.5, 0.6) is 0 Å². The van der Waals surface area contributed by atoms with E-state index in [0.717, 1.165) is 6.42 Å². The highest BCUT2D eigenvalue weighted by Crippen LogP contribution is 2.12. The molecule has 0 saturated carbocycles. The van der Waals surface area contributed by atoms with Gasteiger partial charge in [0.15, 0.2) is 0 Å². The zero-order valence-corrected chi connectivity index (χ0v) is 6.92. The van der Waals surface area contributed by atoms with Gasteiger partial charge in [0, 0.05) is 7.11 Å². The van der Waals surface area contributed by atoms with Gasteiger partial charge < -0.3 is 4.74 Å². The molecule has 0 aliphatic heterocycles. The van der Waals surface area contributed by atoms with Gasteiger partial charge in [0.05, 0.1) is 18.6 Å². The van der Waals surface area contributed by atoms with Gasteiger partial charge in [-0.1, -0.05) is 20.3 Å². The Balaban J connectivity index is 3.70. The zero-order valence-electron chi connectivity index (χ0n) is 6.92. The molecule has 0 aliphatic carbocycles. The van der Waals surface area contributed by atoms with Gasteiger partial charge in [-0.25, -0.2) is 0 Å². The standard InChI is InChI=1S/C8H15NO/c1-4-7(2)8(10-3)5-6-9/h7-8H,4-5H2,1-3H3/t7-,8?/m1/s1. The number of hydrogen-bond donors (Lipinski definition) is 0. The number of nitrogens with zero attached hydrogens (tertiary/aromatic N) is 1. The molecule has 2 nitrogen and oxygen atoms in total. The van der Waals surface area contributed by atoms with Crippen molar-refractivity contribution in [2.24, 2.45) is 5.92 Å². The second kappa shape index (κ2) is 5.25. The minimum Gasteiger partial charge on any atom is -0.380 e. The van der Waals surface area contributed by atoms with Crippen LogP contribution in [0, 0.1) is 17.2 Å². The highest BCUT2D eigenvalue weighted by Gasteiger charge is 2.13. The van der Waals surface area contributed by atoms with Crippen molar-refractivity contribution < 1.29 is 4.74 Å². The Morgan fingerprint density at radius 1 is 1.60 bits per heavy atom. The second-order valence-corrected chi connectivity index (χ2v) is 2.52.